The first-order valence-corrected chi connectivity index (χ1v) is 11.5. The number of benzene rings is 2. The standard InChI is InChI=1S/C25H24F3N5O2/c1-32-14-30-31-22(32)8-24(12-35-13-24)17-3-2-4-18(7-17)33-11-20-19(23(33)34)5-15(16-9-29-10-16)6-21(20)25(26,27)28/h2-7,14,16,29H,8-13H2,1H3. The Morgan fingerprint density at radius 3 is 2.60 bits per heavy atom. The van der Waals surface area contributed by atoms with Gasteiger partial charge in [0.1, 0.15) is 12.2 Å². The molecule has 0 bridgehead atoms. The number of alkyl halides is 3. The first kappa shape index (κ1) is 22.2. The van der Waals surface area contributed by atoms with Gasteiger partial charge in [0.25, 0.3) is 5.91 Å². The lowest BCUT2D eigenvalue weighted by Gasteiger charge is -2.42. The average molecular weight is 483 g/mol. The topological polar surface area (TPSA) is 72.3 Å². The van der Waals surface area contributed by atoms with E-state index in [1.807, 2.05) is 29.8 Å². The molecule has 3 aliphatic heterocycles. The van der Waals surface area contributed by atoms with Gasteiger partial charge in [0.05, 0.1) is 25.3 Å². The summed E-state index contributed by atoms with van der Waals surface area (Å²) in [4.78, 5) is 14.8. The number of hydrogen-bond acceptors (Lipinski definition) is 5. The maximum Gasteiger partial charge on any atom is 0.416 e. The molecule has 0 atom stereocenters. The number of aryl methyl sites for hydroxylation is 1. The molecule has 0 spiro atoms. The number of halogens is 3. The predicted octanol–water partition coefficient (Wildman–Crippen LogP) is 3.19. The summed E-state index contributed by atoms with van der Waals surface area (Å²) in [6, 6.07) is 10.4. The Hall–Kier alpha value is -3.24. The van der Waals surface area contributed by atoms with Gasteiger partial charge in [-0.1, -0.05) is 12.1 Å². The fourth-order valence-electron chi connectivity index (χ4n) is 5.15. The zero-order valence-electron chi connectivity index (χ0n) is 19.1. The zero-order valence-corrected chi connectivity index (χ0v) is 19.1. The van der Waals surface area contributed by atoms with Crippen LogP contribution in [0, 0.1) is 0 Å². The molecule has 4 heterocycles. The summed E-state index contributed by atoms with van der Waals surface area (Å²) in [5.74, 6) is 0.408. The lowest BCUT2D eigenvalue weighted by Crippen LogP contribution is -2.49. The van der Waals surface area contributed by atoms with E-state index in [4.69, 9.17) is 4.74 Å². The highest BCUT2D eigenvalue weighted by Crippen LogP contribution is 2.42. The Morgan fingerprint density at radius 1 is 1.20 bits per heavy atom. The van der Waals surface area contributed by atoms with Crippen LogP contribution < -0.4 is 10.2 Å². The van der Waals surface area contributed by atoms with Gasteiger partial charge < -0.3 is 19.5 Å². The number of carbonyl (C=O) groups is 1. The summed E-state index contributed by atoms with van der Waals surface area (Å²) in [5, 5.41) is 11.2. The Balaban J connectivity index is 1.35. The van der Waals surface area contributed by atoms with Gasteiger partial charge in [-0.25, -0.2) is 0 Å². The summed E-state index contributed by atoms with van der Waals surface area (Å²) in [7, 11) is 1.88. The van der Waals surface area contributed by atoms with Crippen molar-refractivity contribution in [3.63, 3.8) is 0 Å². The van der Waals surface area contributed by atoms with Gasteiger partial charge in [-0.05, 0) is 41.0 Å². The van der Waals surface area contributed by atoms with Crippen molar-refractivity contribution in [1.82, 2.24) is 20.1 Å². The molecule has 1 amide bonds. The SMILES string of the molecule is Cn1cnnc1CC1(c2cccc(N3Cc4c(cc(C5CNC5)cc4C(F)(F)F)C3=O)c2)COC1. The van der Waals surface area contributed by atoms with Crippen LogP contribution in [0.2, 0.25) is 0 Å². The molecule has 1 aromatic heterocycles. The number of nitrogens with zero attached hydrogens (tertiary/aromatic N) is 4. The highest BCUT2D eigenvalue weighted by Gasteiger charge is 2.44. The van der Waals surface area contributed by atoms with Crippen LogP contribution in [0.5, 0.6) is 0 Å². The third-order valence-corrected chi connectivity index (χ3v) is 7.45. The molecule has 3 aliphatic rings. The largest absolute Gasteiger partial charge is 0.416 e. The van der Waals surface area contributed by atoms with Crippen LogP contribution in [0.1, 0.15) is 44.4 Å². The highest BCUT2D eigenvalue weighted by molar-refractivity contribution is 6.10. The molecule has 0 aliphatic carbocycles. The van der Waals surface area contributed by atoms with E-state index >= 15 is 0 Å². The molecule has 2 aromatic carbocycles. The number of nitrogens with one attached hydrogen (secondary N) is 1. The minimum atomic E-state index is -4.53. The van der Waals surface area contributed by atoms with Crippen LogP contribution >= 0.6 is 0 Å². The molecule has 35 heavy (non-hydrogen) atoms. The minimum Gasteiger partial charge on any atom is -0.379 e. The third-order valence-electron chi connectivity index (χ3n) is 7.45. The number of fused-ring (bicyclic) bond motifs is 1. The van der Waals surface area contributed by atoms with Crippen molar-refractivity contribution in [2.24, 2.45) is 7.05 Å². The number of anilines is 1. The van der Waals surface area contributed by atoms with Crippen LogP contribution in [0.3, 0.4) is 0 Å². The summed E-state index contributed by atoms with van der Waals surface area (Å²) in [5.41, 5.74) is 1.26. The van der Waals surface area contributed by atoms with Crippen molar-refractivity contribution in [1.29, 1.82) is 0 Å². The smallest absolute Gasteiger partial charge is 0.379 e. The number of aromatic nitrogens is 3. The first-order chi connectivity index (χ1) is 16.7. The minimum absolute atomic E-state index is 0.00864. The normalized spacial score (nSPS) is 19.4. The number of hydrogen-bond donors (Lipinski definition) is 1. The summed E-state index contributed by atoms with van der Waals surface area (Å²) < 4.78 is 49.4. The Labute approximate surface area is 199 Å². The van der Waals surface area contributed by atoms with Gasteiger partial charge in [-0.15, -0.1) is 10.2 Å². The van der Waals surface area contributed by atoms with Crippen molar-refractivity contribution in [2.75, 3.05) is 31.2 Å². The fraction of sp³-hybridized carbons (Fsp3) is 0.400. The predicted molar refractivity (Wildman–Crippen MR) is 121 cm³/mol. The Kier molecular flexibility index (Phi) is 5.01. The first-order valence-electron chi connectivity index (χ1n) is 11.5. The van der Waals surface area contributed by atoms with E-state index in [9.17, 15) is 18.0 Å². The molecule has 0 unspecified atom stereocenters. The highest BCUT2D eigenvalue weighted by atomic mass is 19.4. The van der Waals surface area contributed by atoms with E-state index in [0.717, 1.165) is 11.4 Å². The maximum atomic E-state index is 14.0. The van der Waals surface area contributed by atoms with Gasteiger partial charge in [0.15, 0.2) is 0 Å². The van der Waals surface area contributed by atoms with E-state index in [2.05, 4.69) is 15.5 Å². The second-order valence-electron chi connectivity index (χ2n) is 9.70. The monoisotopic (exact) mass is 483 g/mol. The van der Waals surface area contributed by atoms with Crippen LogP contribution in [0.4, 0.5) is 18.9 Å². The Bertz CT molecular complexity index is 1310. The molecular weight excluding hydrogens is 459 g/mol. The number of ether oxygens (including phenoxy) is 1. The van der Waals surface area contributed by atoms with Crippen molar-refractivity contribution < 1.29 is 22.7 Å². The van der Waals surface area contributed by atoms with Crippen LogP contribution in [-0.2, 0) is 36.3 Å². The van der Waals surface area contributed by atoms with E-state index in [1.165, 1.54) is 11.0 Å². The molecule has 0 saturated carbocycles. The van der Waals surface area contributed by atoms with Gasteiger partial charge >= 0.3 is 6.18 Å². The van der Waals surface area contributed by atoms with Crippen LogP contribution in [-0.4, -0.2) is 47.0 Å². The number of rotatable bonds is 5. The lowest BCUT2D eigenvalue weighted by molar-refractivity contribution is -0.138. The summed E-state index contributed by atoms with van der Waals surface area (Å²) in [6.45, 7) is 2.11. The van der Waals surface area contributed by atoms with Crippen molar-refractivity contribution in [3.05, 3.63) is 76.4 Å². The molecule has 182 valence electrons. The van der Waals surface area contributed by atoms with Gasteiger partial charge in [0, 0.05) is 49.1 Å². The number of amides is 1. The molecule has 2 saturated heterocycles. The Morgan fingerprint density at radius 2 is 2.00 bits per heavy atom. The van der Waals surface area contributed by atoms with Gasteiger partial charge in [-0.2, -0.15) is 13.2 Å². The molecule has 6 rings (SSSR count). The lowest BCUT2D eigenvalue weighted by atomic mass is 9.75. The molecule has 2 fully saturated rings. The molecule has 1 N–H and O–H groups in total. The zero-order chi connectivity index (χ0) is 24.4. The number of carbonyl (C=O) groups excluding carboxylic acids is 1. The van der Waals surface area contributed by atoms with E-state index in [1.54, 1.807) is 18.5 Å². The second-order valence-corrected chi connectivity index (χ2v) is 9.70. The molecule has 3 aromatic rings. The van der Waals surface area contributed by atoms with E-state index in [-0.39, 0.29) is 29.0 Å². The van der Waals surface area contributed by atoms with Crippen molar-refractivity contribution in [3.8, 4) is 0 Å². The fourth-order valence-corrected chi connectivity index (χ4v) is 5.15. The van der Waals surface area contributed by atoms with Gasteiger partial charge in [0.2, 0.25) is 0 Å². The second kappa shape index (κ2) is 7.89. The van der Waals surface area contributed by atoms with Crippen molar-refractivity contribution in [2.45, 2.75) is 30.5 Å². The molecular formula is C25H24F3N5O2. The van der Waals surface area contributed by atoms with Crippen LogP contribution in [0.25, 0.3) is 0 Å². The average Bonchev–Trinajstić information content (AvgIpc) is 3.31. The van der Waals surface area contributed by atoms with Crippen molar-refractivity contribution >= 4 is 11.6 Å². The molecule has 10 heteroatoms. The maximum absolute atomic E-state index is 14.0. The van der Waals surface area contributed by atoms with Gasteiger partial charge in [-0.3, -0.25) is 4.79 Å². The van der Waals surface area contributed by atoms with E-state index < -0.39 is 17.6 Å². The third kappa shape index (κ3) is 3.63. The van der Waals surface area contributed by atoms with Crippen LogP contribution in [0.15, 0.2) is 42.7 Å². The summed E-state index contributed by atoms with van der Waals surface area (Å²) in [6.07, 6.45) is -2.28. The summed E-state index contributed by atoms with van der Waals surface area (Å²) >= 11 is 0. The quantitative estimate of drug-likeness (QED) is 0.604. The van der Waals surface area contributed by atoms with E-state index in [0.29, 0.717) is 44.0 Å². The molecule has 7 nitrogen and oxygen atoms in total. The molecule has 0 radical (unpaired) electrons.